The van der Waals surface area contributed by atoms with E-state index in [-0.39, 0.29) is 12.7 Å². The van der Waals surface area contributed by atoms with E-state index >= 15 is 0 Å². The highest BCUT2D eigenvalue weighted by Gasteiger charge is 2.30. The Balaban J connectivity index is 1.95. The molecule has 1 heterocycles. The number of aliphatic carboxylic acids is 1. The van der Waals surface area contributed by atoms with Crippen molar-refractivity contribution in [2.75, 3.05) is 6.61 Å². The van der Waals surface area contributed by atoms with Gasteiger partial charge in [0.25, 0.3) is 0 Å². The Kier molecular flexibility index (Phi) is 4.25. The van der Waals surface area contributed by atoms with Gasteiger partial charge in [-0.05, 0) is 25.0 Å². The van der Waals surface area contributed by atoms with Crippen molar-refractivity contribution < 1.29 is 19.4 Å². The fraction of sp³-hybridized carbons (Fsp3) is 0.385. The lowest BCUT2D eigenvalue weighted by atomic mass is 10.2. The molecule has 1 saturated heterocycles. The molecule has 2 rings (SSSR count). The van der Waals surface area contributed by atoms with Gasteiger partial charge in [-0.3, -0.25) is 0 Å². The third kappa shape index (κ3) is 3.37. The summed E-state index contributed by atoms with van der Waals surface area (Å²) in [5.41, 5.74) is 0.386. The second-order valence-electron chi connectivity index (χ2n) is 4.23. The number of ether oxygens (including phenoxy) is 2. The summed E-state index contributed by atoms with van der Waals surface area (Å²) in [6.45, 7) is 0.207. The Hall–Kier alpha value is -1.77. The molecule has 1 aliphatic heterocycles. The van der Waals surface area contributed by atoms with Crippen molar-refractivity contribution in [3.8, 4) is 11.8 Å². The minimum absolute atomic E-state index is 0.207. The molecule has 100 valence electrons. The number of nitrogens with zero attached hydrogens (tertiary/aromatic N) is 1. The molecule has 1 aromatic rings. The minimum atomic E-state index is -0.956. The third-order valence-corrected chi connectivity index (χ3v) is 3.11. The Labute approximate surface area is 115 Å². The molecule has 1 N–H and O–H groups in total. The molecular weight excluding hydrogens is 270 g/mol. The second kappa shape index (κ2) is 5.91. The van der Waals surface area contributed by atoms with Gasteiger partial charge < -0.3 is 14.6 Å². The standard InChI is InChI=1S/C13H12ClNO4/c14-9-2-1-8(6-15)12(5-9)18-7-10-3-4-11(19-10)13(16)17/h1-2,5,10-11H,3-4,7H2,(H,16,17). The van der Waals surface area contributed by atoms with E-state index in [0.717, 1.165) is 0 Å². The molecule has 0 aliphatic carbocycles. The molecule has 1 fully saturated rings. The van der Waals surface area contributed by atoms with Gasteiger partial charge in [-0.1, -0.05) is 11.6 Å². The lowest BCUT2D eigenvalue weighted by molar-refractivity contribution is -0.149. The van der Waals surface area contributed by atoms with E-state index in [1.165, 1.54) is 0 Å². The highest BCUT2D eigenvalue weighted by molar-refractivity contribution is 6.30. The van der Waals surface area contributed by atoms with Crippen molar-refractivity contribution in [2.45, 2.75) is 25.0 Å². The van der Waals surface area contributed by atoms with Crippen LogP contribution < -0.4 is 4.74 Å². The van der Waals surface area contributed by atoms with Crippen LogP contribution in [0.5, 0.6) is 5.75 Å². The van der Waals surface area contributed by atoms with Crippen molar-refractivity contribution in [3.63, 3.8) is 0 Å². The Morgan fingerprint density at radius 3 is 3.00 bits per heavy atom. The monoisotopic (exact) mass is 281 g/mol. The van der Waals surface area contributed by atoms with E-state index in [1.807, 2.05) is 6.07 Å². The fourth-order valence-electron chi connectivity index (χ4n) is 1.90. The molecule has 0 spiro atoms. The van der Waals surface area contributed by atoms with Crippen molar-refractivity contribution in [1.29, 1.82) is 5.26 Å². The molecule has 1 aromatic carbocycles. The maximum atomic E-state index is 10.7. The highest BCUT2D eigenvalue weighted by atomic mass is 35.5. The maximum absolute atomic E-state index is 10.7. The third-order valence-electron chi connectivity index (χ3n) is 2.87. The molecule has 6 heteroatoms. The average Bonchev–Trinajstić information content (AvgIpc) is 2.85. The topological polar surface area (TPSA) is 79.5 Å². The lowest BCUT2D eigenvalue weighted by Crippen LogP contribution is -2.23. The average molecular weight is 282 g/mol. The summed E-state index contributed by atoms with van der Waals surface area (Å²) in [6, 6.07) is 6.75. The molecule has 0 bridgehead atoms. The molecule has 2 unspecified atom stereocenters. The Morgan fingerprint density at radius 2 is 2.37 bits per heavy atom. The Bertz CT molecular complexity index is 526. The number of carboxylic acid groups (broad SMARTS) is 1. The predicted molar refractivity (Wildman–Crippen MR) is 67.2 cm³/mol. The van der Waals surface area contributed by atoms with Crippen LogP contribution in [0.2, 0.25) is 5.02 Å². The number of hydrogen-bond donors (Lipinski definition) is 1. The number of hydrogen-bond acceptors (Lipinski definition) is 4. The summed E-state index contributed by atoms with van der Waals surface area (Å²) in [5.74, 6) is -0.569. The summed E-state index contributed by atoms with van der Waals surface area (Å²) in [4.78, 5) is 10.7. The number of carbonyl (C=O) groups is 1. The molecule has 19 heavy (non-hydrogen) atoms. The fourth-order valence-corrected chi connectivity index (χ4v) is 2.06. The number of benzene rings is 1. The normalized spacial score (nSPS) is 21.9. The van der Waals surface area contributed by atoms with Gasteiger partial charge in [0.05, 0.1) is 11.7 Å². The van der Waals surface area contributed by atoms with Crippen molar-refractivity contribution >= 4 is 17.6 Å². The Morgan fingerprint density at radius 1 is 1.58 bits per heavy atom. The summed E-state index contributed by atoms with van der Waals surface area (Å²) in [6.07, 6.45) is 0.0682. The zero-order chi connectivity index (χ0) is 13.8. The molecule has 0 saturated carbocycles. The van der Waals surface area contributed by atoms with E-state index in [4.69, 9.17) is 31.4 Å². The first-order chi connectivity index (χ1) is 9.10. The summed E-state index contributed by atoms with van der Waals surface area (Å²) >= 11 is 5.84. The molecule has 0 radical (unpaired) electrons. The van der Waals surface area contributed by atoms with Gasteiger partial charge in [0.15, 0.2) is 6.10 Å². The van der Waals surface area contributed by atoms with Gasteiger partial charge in [0.1, 0.15) is 18.4 Å². The van der Waals surface area contributed by atoms with E-state index in [2.05, 4.69) is 0 Å². The molecule has 0 amide bonds. The van der Waals surface area contributed by atoms with Crippen LogP contribution in [0.25, 0.3) is 0 Å². The van der Waals surface area contributed by atoms with Crippen molar-refractivity contribution in [3.05, 3.63) is 28.8 Å². The number of nitriles is 1. The molecule has 5 nitrogen and oxygen atoms in total. The van der Waals surface area contributed by atoms with Crippen LogP contribution in [0, 0.1) is 11.3 Å². The summed E-state index contributed by atoms with van der Waals surface area (Å²) in [7, 11) is 0. The van der Waals surface area contributed by atoms with E-state index in [9.17, 15) is 4.79 Å². The summed E-state index contributed by atoms with van der Waals surface area (Å²) in [5, 5.41) is 18.2. The van der Waals surface area contributed by atoms with E-state index < -0.39 is 12.1 Å². The van der Waals surface area contributed by atoms with Gasteiger partial charge >= 0.3 is 5.97 Å². The first-order valence-corrected chi connectivity index (χ1v) is 6.18. The SMILES string of the molecule is N#Cc1ccc(Cl)cc1OCC1CCC(C(=O)O)O1. The van der Waals surface area contributed by atoms with Crippen LogP contribution in [0.4, 0.5) is 0 Å². The van der Waals surface area contributed by atoms with E-state index in [1.54, 1.807) is 18.2 Å². The molecule has 1 aliphatic rings. The van der Waals surface area contributed by atoms with Crippen molar-refractivity contribution in [1.82, 2.24) is 0 Å². The maximum Gasteiger partial charge on any atom is 0.332 e. The van der Waals surface area contributed by atoms with Gasteiger partial charge in [-0.15, -0.1) is 0 Å². The quantitative estimate of drug-likeness (QED) is 0.915. The van der Waals surface area contributed by atoms with Crippen LogP contribution in [0.1, 0.15) is 18.4 Å². The summed E-state index contributed by atoms with van der Waals surface area (Å²) < 4.78 is 10.8. The van der Waals surface area contributed by atoms with Crippen LogP contribution >= 0.6 is 11.6 Å². The lowest BCUT2D eigenvalue weighted by Gasteiger charge is -2.13. The largest absolute Gasteiger partial charge is 0.489 e. The zero-order valence-electron chi connectivity index (χ0n) is 10.0. The molecular formula is C13H12ClNO4. The first kappa shape index (κ1) is 13.7. The van der Waals surface area contributed by atoms with Crippen LogP contribution in [-0.2, 0) is 9.53 Å². The molecule has 0 aromatic heterocycles. The first-order valence-electron chi connectivity index (χ1n) is 5.81. The number of rotatable bonds is 4. The highest BCUT2D eigenvalue weighted by Crippen LogP contribution is 2.25. The van der Waals surface area contributed by atoms with Gasteiger partial charge in [-0.2, -0.15) is 5.26 Å². The molecule has 2 atom stereocenters. The van der Waals surface area contributed by atoms with Gasteiger partial charge in [0.2, 0.25) is 0 Å². The number of carboxylic acids is 1. The van der Waals surface area contributed by atoms with Crippen LogP contribution in [0.15, 0.2) is 18.2 Å². The van der Waals surface area contributed by atoms with Gasteiger partial charge in [0, 0.05) is 11.1 Å². The minimum Gasteiger partial charge on any atom is -0.489 e. The van der Waals surface area contributed by atoms with Crippen LogP contribution in [0.3, 0.4) is 0 Å². The number of halogens is 1. The zero-order valence-corrected chi connectivity index (χ0v) is 10.8. The van der Waals surface area contributed by atoms with Gasteiger partial charge in [-0.25, -0.2) is 4.79 Å². The predicted octanol–water partition coefficient (Wildman–Crippen LogP) is 2.22. The smallest absolute Gasteiger partial charge is 0.332 e. The van der Waals surface area contributed by atoms with E-state index in [0.29, 0.717) is 29.2 Å². The second-order valence-corrected chi connectivity index (χ2v) is 4.66. The van der Waals surface area contributed by atoms with Crippen molar-refractivity contribution in [2.24, 2.45) is 0 Å². The van der Waals surface area contributed by atoms with Crippen LogP contribution in [-0.4, -0.2) is 29.9 Å².